The maximum absolute atomic E-state index is 12.5. The van der Waals surface area contributed by atoms with Gasteiger partial charge in [0.05, 0.1) is 9.82 Å². The molecule has 8 nitrogen and oxygen atoms in total. The van der Waals surface area contributed by atoms with Crippen molar-refractivity contribution in [1.29, 1.82) is 0 Å². The van der Waals surface area contributed by atoms with Gasteiger partial charge in [-0.3, -0.25) is 14.9 Å². The van der Waals surface area contributed by atoms with Gasteiger partial charge in [-0.15, -0.1) is 0 Å². The molecule has 9 heteroatoms. The lowest BCUT2D eigenvalue weighted by atomic mass is 10.1. The molecule has 0 aromatic heterocycles. The fourth-order valence-electron chi connectivity index (χ4n) is 2.33. The largest absolute Gasteiger partial charge is 0.322 e. The molecule has 0 aliphatic heterocycles. The number of carbonyl (C=O) groups excluding carboxylic acids is 1. The van der Waals surface area contributed by atoms with E-state index in [0.717, 1.165) is 0 Å². The quantitative estimate of drug-likeness (QED) is 0.636. The van der Waals surface area contributed by atoms with Crippen LogP contribution in [-0.2, 0) is 10.0 Å². The Morgan fingerprint density at radius 1 is 1.12 bits per heavy atom. The Hall–Kier alpha value is -2.78. The van der Waals surface area contributed by atoms with E-state index in [1.165, 1.54) is 30.3 Å². The van der Waals surface area contributed by atoms with E-state index in [4.69, 9.17) is 5.14 Å². The molecule has 132 valence electrons. The van der Waals surface area contributed by atoms with Crippen molar-refractivity contribution in [3.8, 4) is 0 Å². The van der Waals surface area contributed by atoms with Crippen molar-refractivity contribution in [2.75, 3.05) is 5.32 Å². The molecule has 2 aromatic rings. The smallest absolute Gasteiger partial charge is 0.269 e. The van der Waals surface area contributed by atoms with Gasteiger partial charge in [-0.1, -0.05) is 0 Å². The number of nitro groups is 1. The minimum absolute atomic E-state index is 0.105. The summed E-state index contributed by atoms with van der Waals surface area (Å²) in [4.78, 5) is 22.6. The molecule has 25 heavy (non-hydrogen) atoms. The summed E-state index contributed by atoms with van der Waals surface area (Å²) in [5, 5.41) is 18.6. The van der Waals surface area contributed by atoms with E-state index >= 15 is 0 Å². The van der Waals surface area contributed by atoms with Crippen LogP contribution < -0.4 is 10.5 Å². The SMILES string of the molecule is Cc1cc([N+](=O)[O-])ccc1C(=O)Nc1cc(S(N)(=O)=O)cc(C)c1C. The predicted octanol–water partition coefficient (Wildman–Crippen LogP) is 2.42. The zero-order chi connectivity index (χ0) is 18.9. The summed E-state index contributed by atoms with van der Waals surface area (Å²) >= 11 is 0. The maximum atomic E-state index is 12.5. The van der Waals surface area contributed by atoms with E-state index in [9.17, 15) is 23.3 Å². The number of non-ortho nitro benzene ring substituents is 1. The number of nitrogens with two attached hydrogens (primary N) is 1. The number of nitro benzene ring substituents is 1. The number of nitrogens with one attached hydrogen (secondary N) is 1. The van der Waals surface area contributed by atoms with E-state index < -0.39 is 20.9 Å². The lowest BCUT2D eigenvalue weighted by Crippen LogP contribution is -2.17. The topological polar surface area (TPSA) is 132 Å². The molecule has 0 unspecified atom stereocenters. The summed E-state index contributed by atoms with van der Waals surface area (Å²) in [5.74, 6) is -0.499. The summed E-state index contributed by atoms with van der Waals surface area (Å²) in [7, 11) is -3.91. The molecule has 0 heterocycles. The second-order valence-corrected chi connectivity index (χ2v) is 7.23. The number of anilines is 1. The third kappa shape index (κ3) is 4.01. The number of hydrogen-bond donors (Lipinski definition) is 2. The zero-order valence-electron chi connectivity index (χ0n) is 13.9. The molecule has 2 rings (SSSR count). The third-order valence-corrected chi connectivity index (χ3v) is 4.78. The van der Waals surface area contributed by atoms with Gasteiger partial charge in [0.15, 0.2) is 0 Å². The standard InChI is InChI=1S/C16H17N3O5S/c1-9-7-13(25(17,23)24)8-15(11(9)3)18-16(20)14-5-4-12(19(21)22)6-10(14)2/h4-8H,1-3H3,(H,18,20)(H2,17,23,24). The molecule has 1 amide bonds. The van der Waals surface area contributed by atoms with Crippen molar-refractivity contribution < 1.29 is 18.1 Å². The second kappa shape index (κ2) is 6.61. The highest BCUT2D eigenvalue weighted by atomic mass is 32.2. The first-order valence-corrected chi connectivity index (χ1v) is 8.76. The Morgan fingerprint density at radius 2 is 1.76 bits per heavy atom. The first-order chi connectivity index (χ1) is 11.5. The summed E-state index contributed by atoms with van der Waals surface area (Å²) in [5.41, 5.74) is 2.24. The van der Waals surface area contributed by atoms with Crippen molar-refractivity contribution in [2.45, 2.75) is 25.7 Å². The van der Waals surface area contributed by atoms with Gasteiger partial charge >= 0.3 is 0 Å². The summed E-state index contributed by atoms with van der Waals surface area (Å²) < 4.78 is 23.1. The van der Waals surface area contributed by atoms with Gasteiger partial charge in [-0.2, -0.15) is 0 Å². The molecule has 0 saturated carbocycles. The number of rotatable bonds is 4. The van der Waals surface area contributed by atoms with Crippen LogP contribution in [0.15, 0.2) is 35.2 Å². The molecular weight excluding hydrogens is 346 g/mol. The van der Waals surface area contributed by atoms with Gasteiger partial charge < -0.3 is 5.32 Å². The fourth-order valence-corrected chi connectivity index (χ4v) is 2.95. The van der Waals surface area contributed by atoms with Crippen LogP contribution in [-0.4, -0.2) is 19.2 Å². The number of sulfonamides is 1. The molecule has 0 atom stereocenters. The van der Waals surface area contributed by atoms with Gasteiger partial charge in [0.2, 0.25) is 10.0 Å². The third-order valence-electron chi connectivity index (χ3n) is 3.88. The van der Waals surface area contributed by atoms with Crippen LogP contribution in [0.2, 0.25) is 0 Å². The molecule has 2 aromatic carbocycles. The zero-order valence-corrected chi connectivity index (χ0v) is 14.7. The Balaban J connectivity index is 2.41. The van der Waals surface area contributed by atoms with Crippen LogP contribution in [0.3, 0.4) is 0 Å². The summed E-state index contributed by atoms with van der Waals surface area (Å²) in [6.07, 6.45) is 0. The number of hydrogen-bond acceptors (Lipinski definition) is 5. The van der Waals surface area contributed by atoms with E-state index in [-0.39, 0.29) is 16.1 Å². The Labute approximate surface area is 144 Å². The van der Waals surface area contributed by atoms with Crippen molar-refractivity contribution in [3.05, 3.63) is 62.7 Å². The van der Waals surface area contributed by atoms with Crippen LogP contribution in [0, 0.1) is 30.9 Å². The Kier molecular flexibility index (Phi) is 4.91. The Bertz CT molecular complexity index is 984. The van der Waals surface area contributed by atoms with Crippen molar-refractivity contribution in [3.63, 3.8) is 0 Å². The van der Waals surface area contributed by atoms with E-state index in [0.29, 0.717) is 22.4 Å². The van der Waals surface area contributed by atoms with Crippen LogP contribution in [0.1, 0.15) is 27.0 Å². The maximum Gasteiger partial charge on any atom is 0.269 e. The molecule has 0 spiro atoms. The molecule has 3 N–H and O–H groups in total. The summed E-state index contributed by atoms with van der Waals surface area (Å²) in [6.45, 7) is 5.03. The predicted molar refractivity (Wildman–Crippen MR) is 93.1 cm³/mol. The molecule has 0 aliphatic rings. The van der Waals surface area contributed by atoms with Crippen molar-refractivity contribution >= 4 is 27.3 Å². The number of benzene rings is 2. The highest BCUT2D eigenvalue weighted by Crippen LogP contribution is 2.25. The van der Waals surface area contributed by atoms with Gasteiger partial charge in [-0.05, 0) is 55.7 Å². The molecule has 0 aliphatic carbocycles. The number of nitrogens with zero attached hydrogens (tertiary/aromatic N) is 1. The average Bonchev–Trinajstić information content (AvgIpc) is 2.50. The molecule has 0 radical (unpaired) electrons. The molecule has 0 fully saturated rings. The number of primary sulfonamides is 1. The van der Waals surface area contributed by atoms with Gasteiger partial charge in [0, 0.05) is 23.4 Å². The van der Waals surface area contributed by atoms with E-state index in [1.54, 1.807) is 20.8 Å². The lowest BCUT2D eigenvalue weighted by molar-refractivity contribution is -0.384. The average molecular weight is 363 g/mol. The van der Waals surface area contributed by atoms with E-state index in [1.807, 2.05) is 0 Å². The fraction of sp³-hybridized carbons (Fsp3) is 0.188. The molecular formula is C16H17N3O5S. The number of aryl methyl sites for hydroxylation is 2. The highest BCUT2D eigenvalue weighted by Gasteiger charge is 2.17. The van der Waals surface area contributed by atoms with Crippen LogP contribution in [0.5, 0.6) is 0 Å². The normalized spacial score (nSPS) is 11.2. The first-order valence-electron chi connectivity index (χ1n) is 7.21. The minimum atomic E-state index is -3.91. The van der Waals surface area contributed by atoms with Crippen molar-refractivity contribution in [1.82, 2.24) is 0 Å². The van der Waals surface area contributed by atoms with Crippen LogP contribution >= 0.6 is 0 Å². The highest BCUT2D eigenvalue weighted by molar-refractivity contribution is 7.89. The first kappa shape index (κ1) is 18.6. The monoisotopic (exact) mass is 363 g/mol. The van der Waals surface area contributed by atoms with Gasteiger partial charge in [0.1, 0.15) is 0 Å². The molecule has 0 saturated heterocycles. The van der Waals surface area contributed by atoms with Gasteiger partial charge in [0.25, 0.3) is 11.6 Å². The van der Waals surface area contributed by atoms with E-state index in [2.05, 4.69) is 5.32 Å². The number of carbonyl (C=O) groups is 1. The summed E-state index contributed by atoms with van der Waals surface area (Å²) in [6, 6.07) is 6.61. The Morgan fingerprint density at radius 3 is 2.28 bits per heavy atom. The van der Waals surface area contributed by atoms with Gasteiger partial charge in [-0.25, -0.2) is 13.6 Å². The second-order valence-electron chi connectivity index (χ2n) is 5.67. The molecule has 0 bridgehead atoms. The minimum Gasteiger partial charge on any atom is -0.322 e. The van der Waals surface area contributed by atoms with Crippen LogP contribution in [0.25, 0.3) is 0 Å². The number of amides is 1. The van der Waals surface area contributed by atoms with Crippen LogP contribution in [0.4, 0.5) is 11.4 Å². The van der Waals surface area contributed by atoms with Crippen molar-refractivity contribution in [2.24, 2.45) is 5.14 Å². The lowest BCUT2D eigenvalue weighted by Gasteiger charge is -2.13.